The molecule has 0 unspecified atom stereocenters. The molecule has 1 aromatic rings. The van der Waals surface area contributed by atoms with Gasteiger partial charge in [0.1, 0.15) is 0 Å². The van der Waals surface area contributed by atoms with Crippen molar-refractivity contribution in [3.63, 3.8) is 0 Å². The van der Waals surface area contributed by atoms with Crippen molar-refractivity contribution >= 4 is 21.8 Å². The SMILES string of the molecule is CCN1CC(=O)N2[C@@H](CO)[C@@H](c3ccc(Br)cc3)[C@@H]2C1. The molecule has 1 N–H and O–H groups in total. The predicted octanol–water partition coefficient (Wildman–Crippen LogP) is 1.44. The third-order valence-electron chi connectivity index (χ3n) is 4.52. The first kappa shape index (κ1) is 14.0. The molecule has 1 amide bonds. The summed E-state index contributed by atoms with van der Waals surface area (Å²) in [7, 11) is 0. The van der Waals surface area contributed by atoms with Gasteiger partial charge in [-0.3, -0.25) is 9.69 Å². The second-order valence-electron chi connectivity index (χ2n) is 5.52. The van der Waals surface area contributed by atoms with E-state index in [1.807, 2.05) is 17.0 Å². The Morgan fingerprint density at radius 3 is 2.65 bits per heavy atom. The zero-order chi connectivity index (χ0) is 14.3. The number of carbonyl (C=O) groups is 1. The topological polar surface area (TPSA) is 43.8 Å². The van der Waals surface area contributed by atoms with Crippen molar-refractivity contribution in [2.75, 3.05) is 26.2 Å². The Balaban J connectivity index is 1.86. The molecule has 2 aliphatic rings. The molecule has 1 aromatic carbocycles. The van der Waals surface area contributed by atoms with Crippen LogP contribution in [0.15, 0.2) is 28.7 Å². The largest absolute Gasteiger partial charge is 0.394 e. The van der Waals surface area contributed by atoms with E-state index in [2.05, 4.69) is 39.9 Å². The van der Waals surface area contributed by atoms with Crippen molar-refractivity contribution in [2.45, 2.75) is 24.9 Å². The van der Waals surface area contributed by atoms with E-state index in [4.69, 9.17) is 0 Å². The summed E-state index contributed by atoms with van der Waals surface area (Å²) in [5.74, 6) is 0.391. The van der Waals surface area contributed by atoms with Crippen LogP contribution in [0.5, 0.6) is 0 Å². The van der Waals surface area contributed by atoms with E-state index in [9.17, 15) is 9.90 Å². The summed E-state index contributed by atoms with van der Waals surface area (Å²) in [6.45, 7) is 4.40. The highest BCUT2D eigenvalue weighted by atomic mass is 79.9. The number of fused-ring (bicyclic) bond motifs is 1. The van der Waals surface area contributed by atoms with Crippen molar-refractivity contribution < 1.29 is 9.90 Å². The van der Waals surface area contributed by atoms with E-state index >= 15 is 0 Å². The number of likely N-dealkylation sites (N-methyl/N-ethyl adjacent to an activating group) is 1. The summed E-state index contributed by atoms with van der Waals surface area (Å²) < 4.78 is 1.05. The minimum Gasteiger partial charge on any atom is -0.394 e. The minimum atomic E-state index is -0.0623. The van der Waals surface area contributed by atoms with E-state index in [-0.39, 0.29) is 30.5 Å². The highest BCUT2D eigenvalue weighted by molar-refractivity contribution is 9.10. The van der Waals surface area contributed by atoms with Gasteiger partial charge in [0.25, 0.3) is 0 Å². The van der Waals surface area contributed by atoms with Gasteiger partial charge in [-0.15, -0.1) is 0 Å². The first-order valence-electron chi connectivity index (χ1n) is 7.05. The van der Waals surface area contributed by atoms with E-state index in [1.54, 1.807) is 0 Å². The van der Waals surface area contributed by atoms with Crippen molar-refractivity contribution in [1.82, 2.24) is 9.80 Å². The molecule has 2 saturated heterocycles. The third-order valence-corrected chi connectivity index (χ3v) is 5.05. The smallest absolute Gasteiger partial charge is 0.237 e. The van der Waals surface area contributed by atoms with Gasteiger partial charge in [0.15, 0.2) is 0 Å². The average Bonchev–Trinajstić information content (AvgIpc) is 2.43. The van der Waals surface area contributed by atoms with Crippen LogP contribution in [0, 0.1) is 0 Å². The van der Waals surface area contributed by atoms with Crippen LogP contribution in [-0.2, 0) is 4.79 Å². The van der Waals surface area contributed by atoms with Crippen LogP contribution in [0.1, 0.15) is 18.4 Å². The van der Waals surface area contributed by atoms with Crippen LogP contribution >= 0.6 is 15.9 Å². The molecular formula is C15H19BrN2O2. The van der Waals surface area contributed by atoms with Crippen LogP contribution in [0.25, 0.3) is 0 Å². The quantitative estimate of drug-likeness (QED) is 0.906. The lowest BCUT2D eigenvalue weighted by atomic mass is 9.74. The Morgan fingerprint density at radius 2 is 2.05 bits per heavy atom. The van der Waals surface area contributed by atoms with Crippen LogP contribution in [-0.4, -0.2) is 59.1 Å². The molecule has 2 aliphatic heterocycles. The molecule has 0 radical (unpaired) electrons. The standard InChI is InChI=1S/C15H19BrN2O2/c1-2-17-7-12-15(10-3-5-11(16)6-4-10)13(9-19)18(12)14(20)8-17/h3-6,12-13,15,19H,2,7-9H2,1H3/t12-,13-,15-/m0/s1. The predicted molar refractivity (Wildman–Crippen MR) is 80.5 cm³/mol. The molecular weight excluding hydrogens is 320 g/mol. The fraction of sp³-hybridized carbons (Fsp3) is 0.533. The van der Waals surface area contributed by atoms with Gasteiger partial charge >= 0.3 is 0 Å². The van der Waals surface area contributed by atoms with E-state index < -0.39 is 0 Å². The number of nitrogens with zero attached hydrogens (tertiary/aromatic N) is 2. The molecule has 3 rings (SSSR count). The molecule has 4 nitrogen and oxygen atoms in total. The fourth-order valence-electron chi connectivity index (χ4n) is 3.49. The lowest BCUT2D eigenvalue weighted by Gasteiger charge is -2.58. The van der Waals surface area contributed by atoms with Gasteiger partial charge in [-0.1, -0.05) is 35.0 Å². The zero-order valence-corrected chi connectivity index (χ0v) is 13.1. The lowest BCUT2D eigenvalue weighted by Crippen LogP contribution is -2.72. The van der Waals surface area contributed by atoms with Crippen molar-refractivity contribution in [3.05, 3.63) is 34.3 Å². The molecule has 2 heterocycles. The number of halogens is 1. The number of piperazine rings is 1. The normalized spacial score (nSPS) is 30.1. The van der Waals surface area contributed by atoms with Crippen molar-refractivity contribution in [3.8, 4) is 0 Å². The maximum absolute atomic E-state index is 12.2. The molecule has 0 saturated carbocycles. The molecule has 0 aromatic heterocycles. The molecule has 2 fully saturated rings. The summed E-state index contributed by atoms with van der Waals surface area (Å²) >= 11 is 3.44. The number of amides is 1. The number of aliphatic hydroxyl groups excluding tert-OH is 1. The van der Waals surface area contributed by atoms with Gasteiger partial charge in [0.2, 0.25) is 5.91 Å². The summed E-state index contributed by atoms with van der Waals surface area (Å²) in [6, 6.07) is 8.36. The highest BCUT2D eigenvalue weighted by Crippen LogP contribution is 2.42. The molecule has 20 heavy (non-hydrogen) atoms. The third kappa shape index (κ3) is 2.18. The molecule has 3 atom stereocenters. The maximum atomic E-state index is 12.2. The van der Waals surface area contributed by atoms with Gasteiger partial charge < -0.3 is 10.0 Å². The monoisotopic (exact) mass is 338 g/mol. The van der Waals surface area contributed by atoms with Gasteiger partial charge in [-0.05, 0) is 24.2 Å². The van der Waals surface area contributed by atoms with Gasteiger partial charge in [-0.2, -0.15) is 0 Å². The zero-order valence-electron chi connectivity index (χ0n) is 11.5. The number of hydrogen-bond donors (Lipinski definition) is 1. The number of carbonyl (C=O) groups excluding carboxylic acids is 1. The van der Waals surface area contributed by atoms with Crippen LogP contribution in [0.3, 0.4) is 0 Å². The van der Waals surface area contributed by atoms with Crippen molar-refractivity contribution in [2.24, 2.45) is 0 Å². The Bertz CT molecular complexity index is 505. The Morgan fingerprint density at radius 1 is 1.35 bits per heavy atom. The van der Waals surface area contributed by atoms with Crippen LogP contribution < -0.4 is 0 Å². The first-order valence-corrected chi connectivity index (χ1v) is 7.84. The molecule has 108 valence electrons. The van der Waals surface area contributed by atoms with Crippen LogP contribution in [0.2, 0.25) is 0 Å². The Hall–Kier alpha value is -0.910. The van der Waals surface area contributed by atoms with Crippen molar-refractivity contribution in [1.29, 1.82) is 0 Å². The van der Waals surface area contributed by atoms with E-state index in [0.717, 1.165) is 17.6 Å². The van der Waals surface area contributed by atoms with E-state index in [1.165, 1.54) is 5.56 Å². The molecule has 0 spiro atoms. The summed E-state index contributed by atoms with van der Waals surface area (Å²) in [5.41, 5.74) is 1.21. The number of benzene rings is 1. The molecule has 5 heteroatoms. The Kier molecular flexibility index (Phi) is 3.84. The minimum absolute atomic E-state index is 0.0368. The Labute approximate surface area is 127 Å². The summed E-state index contributed by atoms with van der Waals surface area (Å²) in [4.78, 5) is 16.3. The lowest BCUT2D eigenvalue weighted by molar-refractivity contribution is -0.161. The maximum Gasteiger partial charge on any atom is 0.237 e. The average molecular weight is 339 g/mol. The summed E-state index contributed by atoms with van der Waals surface area (Å²) in [6.07, 6.45) is 0. The van der Waals surface area contributed by atoms with Gasteiger partial charge in [0, 0.05) is 16.9 Å². The van der Waals surface area contributed by atoms with Gasteiger partial charge in [0.05, 0.1) is 25.2 Å². The number of hydrogen-bond acceptors (Lipinski definition) is 3. The fourth-order valence-corrected chi connectivity index (χ4v) is 3.76. The van der Waals surface area contributed by atoms with Crippen LogP contribution in [0.4, 0.5) is 0 Å². The highest BCUT2D eigenvalue weighted by Gasteiger charge is 2.53. The van der Waals surface area contributed by atoms with Gasteiger partial charge in [-0.25, -0.2) is 0 Å². The van der Waals surface area contributed by atoms with E-state index in [0.29, 0.717) is 6.54 Å². The number of aliphatic hydroxyl groups is 1. The second-order valence-corrected chi connectivity index (χ2v) is 6.44. The second kappa shape index (κ2) is 5.47. The molecule has 0 aliphatic carbocycles. The molecule has 0 bridgehead atoms. The first-order chi connectivity index (χ1) is 9.65. The number of rotatable bonds is 3. The summed E-state index contributed by atoms with van der Waals surface area (Å²) in [5, 5.41) is 9.64.